The number of H-pyrrole nitrogens is 1. The van der Waals surface area contributed by atoms with Gasteiger partial charge in [0.2, 0.25) is 0 Å². The highest BCUT2D eigenvalue weighted by molar-refractivity contribution is 5.83. The topological polar surface area (TPSA) is 70.8 Å². The summed E-state index contributed by atoms with van der Waals surface area (Å²) >= 11 is 0. The smallest absolute Gasteiger partial charge is 0.150 e. The molecule has 0 unspecified atom stereocenters. The van der Waals surface area contributed by atoms with E-state index in [1.165, 1.54) is 5.56 Å². The number of aromatic nitrogens is 3. The Hall–Kier alpha value is -3.08. The molecule has 1 aliphatic heterocycles. The molecule has 0 saturated carbocycles. The summed E-state index contributed by atoms with van der Waals surface area (Å²) < 4.78 is 0. The number of pyridine rings is 1. The number of nitrogens with zero attached hydrogens (tertiary/aromatic N) is 3. The van der Waals surface area contributed by atoms with Gasteiger partial charge in [-0.2, -0.15) is 5.10 Å². The summed E-state index contributed by atoms with van der Waals surface area (Å²) in [5, 5.41) is 7.23. The SMILES string of the molecule is Cc1ccccc1N1C=C(c2ccccn2)c2[nH]nc(N)c2C1. The summed E-state index contributed by atoms with van der Waals surface area (Å²) in [4.78, 5) is 6.68. The van der Waals surface area contributed by atoms with Crippen molar-refractivity contribution < 1.29 is 0 Å². The van der Waals surface area contributed by atoms with Crippen molar-refractivity contribution in [2.45, 2.75) is 13.5 Å². The molecule has 0 bridgehead atoms. The van der Waals surface area contributed by atoms with E-state index in [0.29, 0.717) is 12.4 Å². The average molecular weight is 303 g/mol. The van der Waals surface area contributed by atoms with Gasteiger partial charge in [0.15, 0.2) is 5.82 Å². The van der Waals surface area contributed by atoms with Gasteiger partial charge < -0.3 is 10.6 Å². The molecule has 0 radical (unpaired) electrons. The molecule has 3 aromatic rings. The minimum Gasteiger partial charge on any atom is -0.382 e. The minimum absolute atomic E-state index is 0.542. The van der Waals surface area contributed by atoms with Crippen molar-refractivity contribution in [1.29, 1.82) is 0 Å². The first kappa shape index (κ1) is 13.6. The average Bonchev–Trinajstić information content (AvgIpc) is 2.97. The number of aromatic amines is 1. The summed E-state index contributed by atoms with van der Waals surface area (Å²) in [6.07, 6.45) is 3.91. The molecule has 0 aliphatic carbocycles. The fourth-order valence-corrected chi connectivity index (χ4v) is 2.96. The standard InChI is InChI=1S/C18H17N5/c1-12-6-2-3-8-16(12)23-10-13(15-7-4-5-9-20-15)17-14(11-23)18(19)22-21-17/h2-10H,11H2,1H3,(H3,19,21,22). The van der Waals surface area contributed by atoms with E-state index in [0.717, 1.165) is 28.2 Å². The van der Waals surface area contributed by atoms with Gasteiger partial charge >= 0.3 is 0 Å². The molecule has 0 atom stereocenters. The maximum Gasteiger partial charge on any atom is 0.150 e. The van der Waals surface area contributed by atoms with Crippen LogP contribution in [0.25, 0.3) is 5.57 Å². The molecule has 0 fully saturated rings. The second-order valence-electron chi connectivity index (χ2n) is 5.63. The number of nitrogens with two attached hydrogens (primary N) is 1. The van der Waals surface area contributed by atoms with Crippen LogP contribution in [0.3, 0.4) is 0 Å². The summed E-state index contributed by atoms with van der Waals surface area (Å²) in [7, 11) is 0. The minimum atomic E-state index is 0.542. The molecule has 114 valence electrons. The Morgan fingerprint density at radius 1 is 1.13 bits per heavy atom. The number of aryl methyl sites for hydroxylation is 1. The third kappa shape index (κ3) is 2.26. The zero-order chi connectivity index (χ0) is 15.8. The maximum atomic E-state index is 6.06. The van der Waals surface area contributed by atoms with Crippen molar-refractivity contribution in [2.75, 3.05) is 10.6 Å². The summed E-state index contributed by atoms with van der Waals surface area (Å²) in [5.74, 6) is 0.542. The van der Waals surface area contributed by atoms with Crippen LogP contribution in [-0.2, 0) is 6.54 Å². The Balaban J connectivity index is 1.88. The van der Waals surface area contributed by atoms with Crippen molar-refractivity contribution in [1.82, 2.24) is 15.2 Å². The summed E-state index contributed by atoms with van der Waals surface area (Å²) in [6, 6.07) is 14.2. The van der Waals surface area contributed by atoms with Gasteiger partial charge in [-0.15, -0.1) is 0 Å². The van der Waals surface area contributed by atoms with E-state index in [4.69, 9.17) is 5.73 Å². The van der Waals surface area contributed by atoms with Gasteiger partial charge in [-0.3, -0.25) is 10.1 Å². The molecule has 23 heavy (non-hydrogen) atoms. The number of benzene rings is 1. The molecule has 1 aromatic carbocycles. The van der Waals surface area contributed by atoms with Gasteiger partial charge in [0, 0.05) is 29.2 Å². The molecule has 3 heterocycles. The van der Waals surface area contributed by atoms with Crippen LogP contribution in [0, 0.1) is 6.92 Å². The van der Waals surface area contributed by atoms with Crippen LogP contribution >= 0.6 is 0 Å². The molecular weight excluding hydrogens is 286 g/mol. The van der Waals surface area contributed by atoms with Gasteiger partial charge in [-0.1, -0.05) is 24.3 Å². The van der Waals surface area contributed by atoms with Crippen LogP contribution in [0.15, 0.2) is 54.9 Å². The van der Waals surface area contributed by atoms with Crippen molar-refractivity contribution in [3.05, 3.63) is 77.4 Å². The Morgan fingerprint density at radius 2 is 1.96 bits per heavy atom. The highest BCUT2D eigenvalue weighted by Crippen LogP contribution is 2.35. The Morgan fingerprint density at radius 3 is 2.74 bits per heavy atom. The number of hydrogen-bond donors (Lipinski definition) is 2. The van der Waals surface area contributed by atoms with E-state index in [-0.39, 0.29) is 0 Å². The first-order valence-electron chi connectivity index (χ1n) is 7.52. The number of anilines is 2. The van der Waals surface area contributed by atoms with E-state index in [1.54, 1.807) is 6.20 Å². The van der Waals surface area contributed by atoms with Crippen molar-refractivity contribution >= 4 is 17.1 Å². The van der Waals surface area contributed by atoms with Crippen molar-refractivity contribution in [2.24, 2.45) is 0 Å². The van der Waals surface area contributed by atoms with Gasteiger partial charge in [-0.05, 0) is 30.7 Å². The van der Waals surface area contributed by atoms with E-state index in [9.17, 15) is 0 Å². The summed E-state index contributed by atoms with van der Waals surface area (Å²) in [6.45, 7) is 2.80. The highest BCUT2D eigenvalue weighted by atomic mass is 15.2. The zero-order valence-electron chi connectivity index (χ0n) is 12.8. The molecule has 1 aliphatic rings. The lowest BCUT2D eigenvalue weighted by molar-refractivity contribution is 0.939. The fraction of sp³-hybridized carbons (Fsp3) is 0.111. The highest BCUT2D eigenvalue weighted by Gasteiger charge is 2.25. The van der Waals surface area contributed by atoms with Gasteiger partial charge in [0.05, 0.1) is 17.9 Å². The third-order valence-corrected chi connectivity index (χ3v) is 4.15. The van der Waals surface area contributed by atoms with Crippen LogP contribution in [0.5, 0.6) is 0 Å². The first-order chi connectivity index (χ1) is 11.2. The Labute approximate surface area is 134 Å². The fourth-order valence-electron chi connectivity index (χ4n) is 2.96. The monoisotopic (exact) mass is 303 g/mol. The lowest BCUT2D eigenvalue weighted by Gasteiger charge is -2.28. The number of nitrogen functional groups attached to an aromatic ring is 1. The zero-order valence-corrected chi connectivity index (χ0v) is 12.8. The van der Waals surface area contributed by atoms with E-state index in [2.05, 4.69) is 45.3 Å². The number of rotatable bonds is 2. The number of hydrogen-bond acceptors (Lipinski definition) is 4. The molecule has 4 rings (SSSR count). The Bertz CT molecular complexity index is 879. The van der Waals surface area contributed by atoms with E-state index >= 15 is 0 Å². The van der Waals surface area contributed by atoms with Crippen molar-refractivity contribution in [3.8, 4) is 0 Å². The largest absolute Gasteiger partial charge is 0.382 e. The molecule has 0 amide bonds. The quantitative estimate of drug-likeness (QED) is 0.763. The third-order valence-electron chi connectivity index (χ3n) is 4.15. The molecule has 0 spiro atoms. The molecule has 2 aromatic heterocycles. The van der Waals surface area contributed by atoms with Crippen LogP contribution in [0.2, 0.25) is 0 Å². The van der Waals surface area contributed by atoms with Crippen LogP contribution < -0.4 is 10.6 Å². The van der Waals surface area contributed by atoms with Gasteiger partial charge in [0.1, 0.15) is 0 Å². The Kier molecular flexibility index (Phi) is 3.12. The molecule has 5 nitrogen and oxygen atoms in total. The van der Waals surface area contributed by atoms with Gasteiger partial charge in [-0.25, -0.2) is 0 Å². The number of fused-ring (bicyclic) bond motifs is 1. The van der Waals surface area contributed by atoms with Crippen molar-refractivity contribution in [3.63, 3.8) is 0 Å². The predicted molar refractivity (Wildman–Crippen MR) is 91.7 cm³/mol. The lowest BCUT2D eigenvalue weighted by Crippen LogP contribution is -2.22. The van der Waals surface area contributed by atoms with Crippen LogP contribution in [0.1, 0.15) is 22.5 Å². The molecule has 0 saturated heterocycles. The molecule has 5 heteroatoms. The molecule has 3 N–H and O–H groups in total. The summed E-state index contributed by atoms with van der Waals surface area (Å²) in [5.41, 5.74) is 12.3. The van der Waals surface area contributed by atoms with Crippen LogP contribution in [0.4, 0.5) is 11.5 Å². The lowest BCUT2D eigenvalue weighted by atomic mass is 10.00. The van der Waals surface area contributed by atoms with Gasteiger partial charge in [0.25, 0.3) is 0 Å². The second kappa shape index (κ2) is 5.28. The second-order valence-corrected chi connectivity index (χ2v) is 5.63. The molecular formula is C18H17N5. The van der Waals surface area contributed by atoms with Crippen LogP contribution in [-0.4, -0.2) is 15.2 Å². The number of nitrogens with one attached hydrogen (secondary N) is 1. The normalized spacial score (nSPS) is 13.6. The first-order valence-corrected chi connectivity index (χ1v) is 7.52. The maximum absolute atomic E-state index is 6.06. The van der Waals surface area contributed by atoms with E-state index in [1.807, 2.05) is 30.3 Å². The predicted octanol–water partition coefficient (Wildman–Crippen LogP) is 3.10. The number of para-hydroxylation sites is 1. The van der Waals surface area contributed by atoms with E-state index < -0.39 is 0 Å².